The molecule has 0 saturated carbocycles. The summed E-state index contributed by atoms with van der Waals surface area (Å²) in [4.78, 5) is 33.9. The Kier molecular flexibility index (Phi) is 4.75. The maximum atomic E-state index is 13.1. The number of aryl methyl sites for hydroxylation is 2. The number of nitrogens with one attached hydrogen (secondary N) is 1. The summed E-state index contributed by atoms with van der Waals surface area (Å²) in [6, 6.07) is 6.16. The van der Waals surface area contributed by atoms with E-state index in [0.717, 1.165) is 41.8 Å². The van der Waals surface area contributed by atoms with Crippen molar-refractivity contribution in [3.63, 3.8) is 0 Å². The van der Waals surface area contributed by atoms with E-state index < -0.39 is 0 Å². The van der Waals surface area contributed by atoms with Crippen LogP contribution in [0.1, 0.15) is 46.2 Å². The minimum absolute atomic E-state index is 0.000187. The lowest BCUT2D eigenvalue weighted by Gasteiger charge is -2.32. The summed E-state index contributed by atoms with van der Waals surface area (Å²) in [6.45, 7) is 5.35. The number of nitrogens with zero attached hydrogens (tertiary/aromatic N) is 5. The Morgan fingerprint density at radius 3 is 2.79 bits per heavy atom. The average molecular weight is 378 g/mol. The molecule has 1 amide bonds. The lowest BCUT2D eigenvalue weighted by Crippen LogP contribution is -2.39. The first-order valence-corrected chi connectivity index (χ1v) is 9.69. The van der Waals surface area contributed by atoms with E-state index in [4.69, 9.17) is 4.98 Å². The number of hydrogen-bond donors (Lipinski definition) is 1. The number of anilines is 1. The molecule has 0 aliphatic carbocycles. The molecule has 1 aliphatic rings. The van der Waals surface area contributed by atoms with Crippen molar-refractivity contribution in [1.82, 2.24) is 24.8 Å². The van der Waals surface area contributed by atoms with E-state index in [1.165, 1.54) is 0 Å². The lowest BCUT2D eigenvalue weighted by atomic mass is 9.96. The molecule has 3 heterocycles. The summed E-state index contributed by atoms with van der Waals surface area (Å²) >= 11 is 0. The first kappa shape index (κ1) is 18.4. The summed E-state index contributed by atoms with van der Waals surface area (Å²) in [7, 11) is 3.78. The van der Waals surface area contributed by atoms with Crippen molar-refractivity contribution in [3.8, 4) is 0 Å². The van der Waals surface area contributed by atoms with Gasteiger partial charge in [0.05, 0.1) is 22.3 Å². The Morgan fingerprint density at radius 2 is 2.07 bits per heavy atom. The van der Waals surface area contributed by atoms with Crippen LogP contribution in [0.3, 0.4) is 0 Å². The van der Waals surface area contributed by atoms with Crippen LogP contribution >= 0.6 is 0 Å². The maximum Gasteiger partial charge on any atom is 0.257 e. The zero-order chi connectivity index (χ0) is 19.8. The molecule has 4 rings (SSSR count). The highest BCUT2D eigenvalue weighted by atomic mass is 16.2. The van der Waals surface area contributed by atoms with Crippen LogP contribution in [0.4, 0.5) is 5.95 Å². The predicted octanol–water partition coefficient (Wildman–Crippen LogP) is 3.06. The first-order chi connectivity index (χ1) is 13.4. The highest BCUT2D eigenvalue weighted by Gasteiger charge is 2.28. The number of piperidine rings is 1. The number of carbonyl (C=O) groups is 1. The van der Waals surface area contributed by atoms with Crippen LogP contribution in [0.25, 0.3) is 11.0 Å². The summed E-state index contributed by atoms with van der Waals surface area (Å²) in [6.07, 6.45) is 3.63. The number of carbonyl (C=O) groups excluding carboxylic acids is 1. The molecule has 1 saturated heterocycles. The van der Waals surface area contributed by atoms with Crippen LogP contribution in [-0.4, -0.2) is 57.9 Å². The van der Waals surface area contributed by atoms with Crippen LogP contribution < -0.4 is 4.90 Å². The topological polar surface area (TPSA) is 78.0 Å². The lowest BCUT2D eigenvalue weighted by molar-refractivity contribution is 0.0703. The Balaban J connectivity index is 1.56. The summed E-state index contributed by atoms with van der Waals surface area (Å²) in [5.41, 5.74) is 4.53. The fourth-order valence-electron chi connectivity index (χ4n) is 3.82. The highest BCUT2D eigenvalue weighted by Crippen LogP contribution is 2.28. The van der Waals surface area contributed by atoms with Gasteiger partial charge in [-0.25, -0.2) is 15.0 Å². The third-order valence-electron chi connectivity index (χ3n) is 5.43. The number of para-hydroxylation sites is 1. The number of rotatable bonds is 3. The molecule has 3 aromatic rings. The molecule has 0 spiro atoms. The summed E-state index contributed by atoms with van der Waals surface area (Å²) in [5.74, 6) is 1.80. The third kappa shape index (κ3) is 3.32. The molecule has 0 radical (unpaired) electrons. The number of hydrogen-bond acceptors (Lipinski definition) is 5. The van der Waals surface area contributed by atoms with E-state index in [-0.39, 0.29) is 11.8 Å². The van der Waals surface area contributed by atoms with Gasteiger partial charge in [0.1, 0.15) is 5.82 Å². The van der Waals surface area contributed by atoms with Gasteiger partial charge >= 0.3 is 0 Å². The maximum absolute atomic E-state index is 13.1. The van der Waals surface area contributed by atoms with E-state index in [1.807, 2.05) is 36.9 Å². The van der Waals surface area contributed by atoms with E-state index >= 15 is 0 Å². The monoisotopic (exact) mass is 378 g/mol. The number of H-pyrrole nitrogens is 1. The summed E-state index contributed by atoms with van der Waals surface area (Å²) in [5, 5.41) is 0. The smallest absolute Gasteiger partial charge is 0.257 e. The number of amides is 1. The number of imidazole rings is 1. The predicted molar refractivity (Wildman–Crippen MR) is 110 cm³/mol. The molecule has 1 fully saturated rings. The van der Waals surface area contributed by atoms with Crippen molar-refractivity contribution in [3.05, 3.63) is 47.0 Å². The Labute approximate surface area is 164 Å². The van der Waals surface area contributed by atoms with Gasteiger partial charge in [-0.2, -0.15) is 0 Å². The Morgan fingerprint density at radius 1 is 1.25 bits per heavy atom. The van der Waals surface area contributed by atoms with Gasteiger partial charge in [0.2, 0.25) is 5.95 Å². The zero-order valence-corrected chi connectivity index (χ0v) is 16.9. The third-order valence-corrected chi connectivity index (χ3v) is 5.43. The van der Waals surface area contributed by atoms with Crippen molar-refractivity contribution in [2.75, 3.05) is 32.1 Å². The van der Waals surface area contributed by atoms with Crippen molar-refractivity contribution in [2.45, 2.75) is 32.6 Å². The van der Waals surface area contributed by atoms with Gasteiger partial charge < -0.3 is 14.8 Å². The Hall–Kier alpha value is -2.96. The standard InChI is InChI=1S/C21H26N6O/c1-13-7-5-9-17-18(13)25-19(24-17)15-8-6-10-27(12-15)20(28)16-11-22-21(26(3)4)23-14(16)2/h5,7,9,11,15H,6,8,10,12H2,1-4H3,(H,24,25). The van der Waals surface area contributed by atoms with Gasteiger partial charge in [-0.15, -0.1) is 0 Å². The number of likely N-dealkylation sites (tertiary alicyclic amines) is 1. The molecule has 7 nitrogen and oxygen atoms in total. The largest absolute Gasteiger partial charge is 0.347 e. The number of aromatic nitrogens is 4. The minimum Gasteiger partial charge on any atom is -0.347 e. The van der Waals surface area contributed by atoms with Crippen LogP contribution in [0.5, 0.6) is 0 Å². The quantitative estimate of drug-likeness (QED) is 0.758. The van der Waals surface area contributed by atoms with Crippen molar-refractivity contribution >= 4 is 22.9 Å². The van der Waals surface area contributed by atoms with Crippen molar-refractivity contribution in [1.29, 1.82) is 0 Å². The molecule has 146 valence electrons. The SMILES string of the molecule is Cc1nc(N(C)C)ncc1C(=O)N1CCCC(c2nc3c(C)cccc3[nH]2)C1. The Bertz CT molecular complexity index is 1020. The van der Waals surface area contributed by atoms with Crippen LogP contribution in [0, 0.1) is 13.8 Å². The van der Waals surface area contributed by atoms with Gasteiger partial charge in [-0.3, -0.25) is 4.79 Å². The molecular weight excluding hydrogens is 352 g/mol. The van der Waals surface area contributed by atoms with Crippen LogP contribution in [-0.2, 0) is 0 Å². The van der Waals surface area contributed by atoms with Crippen LogP contribution in [0.2, 0.25) is 0 Å². The molecule has 1 atom stereocenters. The molecule has 1 aromatic carbocycles. The number of benzene rings is 1. The second-order valence-corrected chi connectivity index (χ2v) is 7.75. The minimum atomic E-state index is -0.000187. The van der Waals surface area contributed by atoms with Gasteiger partial charge in [-0.05, 0) is 38.3 Å². The number of aromatic amines is 1. The fourth-order valence-corrected chi connectivity index (χ4v) is 3.82. The molecule has 7 heteroatoms. The van der Waals surface area contributed by atoms with E-state index in [1.54, 1.807) is 6.20 Å². The van der Waals surface area contributed by atoms with E-state index in [0.29, 0.717) is 23.8 Å². The zero-order valence-electron chi connectivity index (χ0n) is 16.9. The molecule has 1 aliphatic heterocycles. The second-order valence-electron chi connectivity index (χ2n) is 7.75. The van der Waals surface area contributed by atoms with Crippen LogP contribution in [0.15, 0.2) is 24.4 Å². The van der Waals surface area contributed by atoms with Gasteiger partial charge in [0.25, 0.3) is 5.91 Å². The number of fused-ring (bicyclic) bond motifs is 1. The van der Waals surface area contributed by atoms with Crippen molar-refractivity contribution in [2.24, 2.45) is 0 Å². The molecule has 0 bridgehead atoms. The molecular formula is C21H26N6O. The summed E-state index contributed by atoms with van der Waals surface area (Å²) < 4.78 is 0. The molecule has 28 heavy (non-hydrogen) atoms. The second kappa shape index (κ2) is 7.22. The highest BCUT2D eigenvalue weighted by molar-refractivity contribution is 5.95. The molecule has 1 N–H and O–H groups in total. The fraction of sp³-hybridized carbons (Fsp3) is 0.429. The molecule has 2 aromatic heterocycles. The van der Waals surface area contributed by atoms with Gasteiger partial charge in [0.15, 0.2) is 0 Å². The average Bonchev–Trinajstić information content (AvgIpc) is 3.13. The molecule has 1 unspecified atom stereocenters. The van der Waals surface area contributed by atoms with Crippen molar-refractivity contribution < 1.29 is 4.79 Å². The van der Waals surface area contributed by atoms with E-state index in [9.17, 15) is 4.79 Å². The normalized spacial score (nSPS) is 17.1. The van der Waals surface area contributed by atoms with Gasteiger partial charge in [0, 0.05) is 39.3 Å². The van der Waals surface area contributed by atoms with Gasteiger partial charge in [-0.1, -0.05) is 12.1 Å². The first-order valence-electron chi connectivity index (χ1n) is 9.69. The van der Waals surface area contributed by atoms with E-state index in [2.05, 4.69) is 34.0 Å².